The Hall–Kier alpha value is -3.84. The van der Waals surface area contributed by atoms with Crippen molar-refractivity contribution in [3.63, 3.8) is 0 Å². The zero-order valence-electron chi connectivity index (χ0n) is 17.3. The van der Waals surface area contributed by atoms with Crippen molar-refractivity contribution in [2.45, 2.75) is 25.4 Å². The minimum atomic E-state index is -1.13. The lowest BCUT2D eigenvalue weighted by Gasteiger charge is -2.14. The highest BCUT2D eigenvalue weighted by Gasteiger charge is 2.19. The molecule has 0 unspecified atom stereocenters. The number of carboxylic acid groups (broad SMARTS) is 1. The molecular formula is C25H23FN2O4. The van der Waals surface area contributed by atoms with Crippen LogP contribution in [0.3, 0.4) is 0 Å². The molecule has 3 rings (SSSR count). The van der Waals surface area contributed by atoms with E-state index < -0.39 is 29.6 Å². The van der Waals surface area contributed by atoms with Gasteiger partial charge in [0.15, 0.2) is 0 Å². The minimum Gasteiger partial charge on any atom is -0.480 e. The Balaban J connectivity index is 1.50. The summed E-state index contributed by atoms with van der Waals surface area (Å²) in [5.74, 6) is -2.65. The summed E-state index contributed by atoms with van der Waals surface area (Å²) in [6, 6.07) is 21.3. The van der Waals surface area contributed by atoms with Gasteiger partial charge in [-0.2, -0.15) is 0 Å². The third-order valence-electron chi connectivity index (χ3n) is 4.91. The molecule has 1 atom stereocenters. The lowest BCUT2D eigenvalue weighted by atomic mass is 10.0. The van der Waals surface area contributed by atoms with Crippen LogP contribution in [0.25, 0.3) is 11.1 Å². The number of nitrogens with one attached hydrogen (secondary N) is 2. The zero-order valence-corrected chi connectivity index (χ0v) is 17.3. The van der Waals surface area contributed by atoms with Crippen LogP contribution in [0.2, 0.25) is 0 Å². The van der Waals surface area contributed by atoms with Crippen molar-refractivity contribution in [1.29, 1.82) is 0 Å². The molecule has 0 aromatic heterocycles. The van der Waals surface area contributed by atoms with Gasteiger partial charge in [-0.3, -0.25) is 19.7 Å². The van der Waals surface area contributed by atoms with Crippen LogP contribution in [0.4, 0.5) is 4.39 Å². The second-order valence-corrected chi connectivity index (χ2v) is 7.26. The van der Waals surface area contributed by atoms with Gasteiger partial charge in [0.1, 0.15) is 11.9 Å². The fraction of sp³-hybridized carbons (Fsp3) is 0.160. The molecule has 3 aromatic carbocycles. The third-order valence-corrected chi connectivity index (χ3v) is 4.91. The number of rotatable bonds is 9. The SMILES string of the molecule is O=C(CC[C@H](NCc1cccc(F)c1)C(=O)O)NC(=O)c1ccc(-c2ccccc2)cc1. The van der Waals surface area contributed by atoms with Crippen molar-refractivity contribution in [1.82, 2.24) is 10.6 Å². The normalized spacial score (nSPS) is 11.5. The Morgan fingerprint density at radius 1 is 0.875 bits per heavy atom. The number of imide groups is 1. The second-order valence-electron chi connectivity index (χ2n) is 7.26. The molecule has 3 aromatic rings. The molecule has 0 saturated heterocycles. The number of aliphatic carboxylic acids is 1. The summed E-state index contributed by atoms with van der Waals surface area (Å²) in [7, 11) is 0. The Labute approximate surface area is 185 Å². The van der Waals surface area contributed by atoms with Gasteiger partial charge >= 0.3 is 5.97 Å². The quantitative estimate of drug-likeness (QED) is 0.477. The molecular weight excluding hydrogens is 411 g/mol. The van der Waals surface area contributed by atoms with Crippen molar-refractivity contribution < 1.29 is 23.9 Å². The Morgan fingerprint density at radius 2 is 1.56 bits per heavy atom. The molecule has 32 heavy (non-hydrogen) atoms. The van der Waals surface area contributed by atoms with Crippen LogP contribution in [0.5, 0.6) is 0 Å². The van der Waals surface area contributed by atoms with Crippen molar-refractivity contribution in [2.75, 3.05) is 0 Å². The number of halogens is 1. The molecule has 7 heteroatoms. The Bertz CT molecular complexity index is 1080. The van der Waals surface area contributed by atoms with E-state index in [4.69, 9.17) is 0 Å². The predicted octanol–water partition coefficient (Wildman–Crippen LogP) is 3.77. The molecule has 0 spiro atoms. The number of hydrogen-bond acceptors (Lipinski definition) is 4. The highest BCUT2D eigenvalue weighted by Crippen LogP contribution is 2.19. The molecule has 0 bridgehead atoms. The molecule has 0 saturated carbocycles. The van der Waals surface area contributed by atoms with Gasteiger partial charge in [0, 0.05) is 18.5 Å². The molecule has 2 amide bonds. The van der Waals surface area contributed by atoms with Crippen LogP contribution >= 0.6 is 0 Å². The minimum absolute atomic E-state index is 0.0172. The summed E-state index contributed by atoms with van der Waals surface area (Å²) in [4.78, 5) is 35.9. The maximum atomic E-state index is 13.2. The van der Waals surface area contributed by atoms with Crippen LogP contribution in [0.1, 0.15) is 28.8 Å². The Kier molecular flexibility index (Phi) is 7.83. The lowest BCUT2D eigenvalue weighted by Crippen LogP contribution is -2.38. The molecule has 0 fully saturated rings. The maximum Gasteiger partial charge on any atom is 0.320 e. The van der Waals surface area contributed by atoms with Gasteiger partial charge in [-0.05, 0) is 47.4 Å². The van der Waals surface area contributed by atoms with Gasteiger partial charge in [0.05, 0.1) is 0 Å². The average Bonchev–Trinajstić information content (AvgIpc) is 2.79. The predicted molar refractivity (Wildman–Crippen MR) is 118 cm³/mol. The molecule has 0 heterocycles. The van der Waals surface area contributed by atoms with Crippen LogP contribution in [0, 0.1) is 5.82 Å². The van der Waals surface area contributed by atoms with Gasteiger partial charge in [0.2, 0.25) is 5.91 Å². The summed E-state index contributed by atoms with van der Waals surface area (Å²) in [6.45, 7) is 0.142. The number of amides is 2. The van der Waals surface area contributed by atoms with Crippen molar-refractivity contribution >= 4 is 17.8 Å². The molecule has 6 nitrogen and oxygen atoms in total. The van der Waals surface area contributed by atoms with Crippen LogP contribution in [-0.2, 0) is 16.1 Å². The number of carbonyl (C=O) groups excluding carboxylic acids is 2. The van der Waals surface area contributed by atoms with Crippen LogP contribution in [-0.4, -0.2) is 28.9 Å². The molecule has 0 aliphatic heterocycles. The summed E-state index contributed by atoms with van der Waals surface area (Å²) < 4.78 is 13.2. The number of carboxylic acids is 1. The van der Waals surface area contributed by atoms with Gasteiger partial charge in [0.25, 0.3) is 5.91 Å². The topological polar surface area (TPSA) is 95.5 Å². The molecule has 164 valence electrons. The van der Waals surface area contributed by atoms with Gasteiger partial charge in [-0.1, -0.05) is 54.6 Å². The summed E-state index contributed by atoms with van der Waals surface area (Å²) >= 11 is 0. The van der Waals surface area contributed by atoms with E-state index in [2.05, 4.69) is 10.6 Å². The van der Waals surface area contributed by atoms with Crippen molar-refractivity contribution in [2.24, 2.45) is 0 Å². The zero-order chi connectivity index (χ0) is 22.9. The van der Waals surface area contributed by atoms with E-state index in [1.807, 2.05) is 30.3 Å². The highest BCUT2D eigenvalue weighted by molar-refractivity contribution is 6.04. The fourth-order valence-corrected chi connectivity index (χ4v) is 3.18. The van der Waals surface area contributed by atoms with Gasteiger partial charge in [-0.25, -0.2) is 4.39 Å². The number of hydrogen-bond donors (Lipinski definition) is 3. The van der Waals surface area contributed by atoms with Crippen LogP contribution in [0.15, 0.2) is 78.9 Å². The number of benzene rings is 3. The van der Waals surface area contributed by atoms with Crippen molar-refractivity contribution in [3.05, 3.63) is 95.8 Å². The lowest BCUT2D eigenvalue weighted by molar-refractivity contribution is -0.139. The fourth-order valence-electron chi connectivity index (χ4n) is 3.18. The average molecular weight is 434 g/mol. The first kappa shape index (κ1) is 22.8. The summed E-state index contributed by atoms with van der Waals surface area (Å²) in [5, 5.41) is 14.4. The van der Waals surface area contributed by atoms with E-state index in [9.17, 15) is 23.9 Å². The molecule has 0 aliphatic carbocycles. The highest BCUT2D eigenvalue weighted by atomic mass is 19.1. The van der Waals surface area contributed by atoms with E-state index in [1.165, 1.54) is 18.2 Å². The third kappa shape index (κ3) is 6.58. The van der Waals surface area contributed by atoms with E-state index in [0.29, 0.717) is 11.1 Å². The Morgan fingerprint density at radius 3 is 2.22 bits per heavy atom. The first-order valence-corrected chi connectivity index (χ1v) is 10.1. The molecule has 3 N–H and O–H groups in total. The van der Waals surface area contributed by atoms with E-state index in [-0.39, 0.29) is 19.4 Å². The molecule has 0 radical (unpaired) electrons. The first-order chi connectivity index (χ1) is 15.4. The van der Waals surface area contributed by atoms with E-state index in [1.54, 1.807) is 30.3 Å². The standard InChI is InChI=1S/C25H23FN2O4/c26-21-8-4-5-17(15-21)16-27-22(25(31)32)13-14-23(29)28-24(30)20-11-9-19(10-12-20)18-6-2-1-3-7-18/h1-12,15,22,27H,13-14,16H2,(H,31,32)(H,28,29,30)/t22-/m0/s1. The van der Waals surface area contributed by atoms with Gasteiger partial charge < -0.3 is 10.4 Å². The largest absolute Gasteiger partial charge is 0.480 e. The van der Waals surface area contributed by atoms with Gasteiger partial charge in [-0.15, -0.1) is 0 Å². The first-order valence-electron chi connectivity index (χ1n) is 10.1. The summed E-state index contributed by atoms with van der Waals surface area (Å²) in [5.41, 5.74) is 2.88. The maximum absolute atomic E-state index is 13.2. The van der Waals surface area contributed by atoms with Crippen molar-refractivity contribution in [3.8, 4) is 11.1 Å². The van der Waals surface area contributed by atoms with E-state index in [0.717, 1.165) is 11.1 Å². The second kappa shape index (κ2) is 11.0. The number of carbonyl (C=O) groups is 3. The monoisotopic (exact) mass is 434 g/mol. The van der Waals surface area contributed by atoms with Crippen LogP contribution < -0.4 is 10.6 Å². The smallest absolute Gasteiger partial charge is 0.320 e. The molecule has 0 aliphatic rings. The van der Waals surface area contributed by atoms with E-state index >= 15 is 0 Å². The summed E-state index contributed by atoms with van der Waals surface area (Å²) in [6.07, 6.45) is -0.169.